The van der Waals surface area contributed by atoms with Crippen molar-refractivity contribution in [2.24, 2.45) is 0 Å². The van der Waals surface area contributed by atoms with Gasteiger partial charge in [0.1, 0.15) is 10.8 Å². The Hall–Kier alpha value is -3.96. The number of sulfonamides is 1. The first-order chi connectivity index (χ1) is 24.6. The second kappa shape index (κ2) is 16.6. The number of ether oxygens (including phenoxy) is 1. The molecule has 0 aliphatic heterocycles. The molecule has 2 N–H and O–H groups in total. The Morgan fingerprint density at radius 2 is 1.43 bits per heavy atom. The summed E-state index contributed by atoms with van der Waals surface area (Å²) in [6.45, 7) is 0.429. The number of carbonyl (C=O) groups is 1. The van der Waals surface area contributed by atoms with Crippen molar-refractivity contribution in [2.75, 3.05) is 18.2 Å². The molecule has 6 rings (SSSR count). The van der Waals surface area contributed by atoms with Crippen LogP contribution in [0.1, 0.15) is 38.8 Å². The maximum Gasteiger partial charge on any atom is 0.335 e. The van der Waals surface area contributed by atoms with E-state index in [1.807, 2.05) is 54.6 Å². The molecule has 0 unspecified atom stereocenters. The molecule has 0 atom stereocenters. The normalized spacial score (nSPS) is 11.7. The molecule has 7 nitrogen and oxygen atoms in total. The SMILES string of the molecule is O=C(O)c1ccc(OCCc2c(CCNS(=O)(=O)CSc3ccc(Cl)cc3Cl)n(C(c3ccccc3)c3ccccc3)c3ccc(Cl)cc23)cc1. The van der Waals surface area contributed by atoms with E-state index in [0.29, 0.717) is 38.6 Å². The number of nitrogens with one attached hydrogen (secondary N) is 1. The van der Waals surface area contributed by atoms with Crippen molar-refractivity contribution in [1.82, 2.24) is 9.29 Å². The summed E-state index contributed by atoms with van der Waals surface area (Å²) >= 11 is 20.0. The van der Waals surface area contributed by atoms with Gasteiger partial charge in [-0.25, -0.2) is 17.9 Å². The summed E-state index contributed by atoms with van der Waals surface area (Å²) in [5.41, 5.74) is 5.17. The van der Waals surface area contributed by atoms with E-state index >= 15 is 0 Å². The molecule has 0 saturated heterocycles. The number of nitrogens with zero attached hydrogens (tertiary/aromatic N) is 1. The van der Waals surface area contributed by atoms with Gasteiger partial charge in [0.2, 0.25) is 10.0 Å². The van der Waals surface area contributed by atoms with Gasteiger partial charge < -0.3 is 14.4 Å². The van der Waals surface area contributed by atoms with Gasteiger partial charge in [-0.15, -0.1) is 11.8 Å². The number of hydrogen-bond donors (Lipinski definition) is 2. The van der Waals surface area contributed by atoms with Crippen LogP contribution in [-0.4, -0.2) is 42.3 Å². The van der Waals surface area contributed by atoms with Crippen molar-refractivity contribution in [2.45, 2.75) is 23.8 Å². The third kappa shape index (κ3) is 9.10. The van der Waals surface area contributed by atoms with Crippen LogP contribution in [0, 0.1) is 0 Å². The fraction of sp³-hybridized carbons (Fsp3) is 0.154. The van der Waals surface area contributed by atoms with Crippen LogP contribution in [0.15, 0.2) is 126 Å². The summed E-state index contributed by atoms with van der Waals surface area (Å²) in [5.74, 6) is -0.467. The molecule has 1 heterocycles. The number of carboxylic acids is 1. The molecule has 0 bridgehead atoms. The highest BCUT2D eigenvalue weighted by molar-refractivity contribution is 8.11. The number of fused-ring (bicyclic) bond motifs is 1. The number of thioether (sulfide) groups is 1. The summed E-state index contributed by atoms with van der Waals surface area (Å²) in [4.78, 5) is 12.0. The summed E-state index contributed by atoms with van der Waals surface area (Å²) < 4.78 is 37.7. The molecule has 0 aliphatic rings. The first kappa shape index (κ1) is 36.8. The third-order valence-corrected chi connectivity index (χ3v) is 12.3. The number of rotatable bonds is 15. The Bertz CT molecular complexity index is 2210. The average molecular weight is 780 g/mol. The number of aromatic carboxylic acids is 1. The summed E-state index contributed by atoms with van der Waals surface area (Å²) in [5, 5.41) is 11.4. The van der Waals surface area contributed by atoms with E-state index in [-0.39, 0.29) is 29.8 Å². The van der Waals surface area contributed by atoms with Crippen LogP contribution < -0.4 is 9.46 Å². The van der Waals surface area contributed by atoms with Crippen molar-refractivity contribution in [1.29, 1.82) is 0 Å². The van der Waals surface area contributed by atoms with Gasteiger partial charge in [-0.2, -0.15) is 0 Å². The van der Waals surface area contributed by atoms with Crippen LogP contribution in [0.25, 0.3) is 10.9 Å². The number of carboxylic acid groups (broad SMARTS) is 1. The smallest absolute Gasteiger partial charge is 0.335 e. The zero-order valence-corrected chi connectivity index (χ0v) is 31.0. The minimum atomic E-state index is -3.70. The van der Waals surface area contributed by atoms with Crippen LogP contribution >= 0.6 is 46.6 Å². The van der Waals surface area contributed by atoms with E-state index in [1.54, 1.807) is 30.3 Å². The fourth-order valence-corrected chi connectivity index (χ4v) is 9.06. The lowest BCUT2D eigenvalue weighted by Gasteiger charge is -2.25. The van der Waals surface area contributed by atoms with Crippen LogP contribution in [0.3, 0.4) is 0 Å². The Labute approximate surface area is 316 Å². The molecule has 0 saturated carbocycles. The first-order valence-electron chi connectivity index (χ1n) is 16.0. The zero-order chi connectivity index (χ0) is 36.0. The van der Waals surface area contributed by atoms with Crippen LogP contribution in [0.2, 0.25) is 15.1 Å². The predicted octanol–water partition coefficient (Wildman–Crippen LogP) is 9.77. The predicted molar refractivity (Wildman–Crippen MR) is 207 cm³/mol. The maximum atomic E-state index is 13.2. The molecule has 12 heteroatoms. The van der Waals surface area contributed by atoms with Gasteiger partial charge in [0.05, 0.1) is 23.2 Å². The minimum absolute atomic E-state index is 0.141. The van der Waals surface area contributed by atoms with Gasteiger partial charge in [-0.1, -0.05) is 95.5 Å². The Balaban J connectivity index is 1.36. The van der Waals surface area contributed by atoms with E-state index < -0.39 is 16.0 Å². The lowest BCUT2D eigenvalue weighted by molar-refractivity contribution is 0.0697. The largest absolute Gasteiger partial charge is 0.493 e. The van der Waals surface area contributed by atoms with Gasteiger partial charge in [-0.3, -0.25) is 0 Å². The van der Waals surface area contributed by atoms with E-state index in [4.69, 9.17) is 39.5 Å². The summed E-state index contributed by atoms with van der Waals surface area (Å²) in [6.07, 6.45) is 0.852. The van der Waals surface area contributed by atoms with Gasteiger partial charge in [0.15, 0.2) is 0 Å². The van der Waals surface area contributed by atoms with Crippen molar-refractivity contribution >= 4 is 73.5 Å². The highest BCUT2D eigenvalue weighted by Gasteiger charge is 2.26. The number of hydrogen-bond acceptors (Lipinski definition) is 5. The van der Waals surface area contributed by atoms with Crippen LogP contribution in [0.5, 0.6) is 5.75 Å². The number of aromatic nitrogens is 1. The second-order valence-electron chi connectivity index (χ2n) is 11.7. The third-order valence-electron chi connectivity index (χ3n) is 8.34. The first-order valence-corrected chi connectivity index (χ1v) is 19.8. The molecule has 0 fully saturated rings. The Kier molecular flexibility index (Phi) is 12.0. The molecular formula is C39H33Cl3N2O5S2. The van der Waals surface area contributed by atoms with E-state index in [2.05, 4.69) is 33.6 Å². The highest BCUT2D eigenvalue weighted by atomic mass is 35.5. The van der Waals surface area contributed by atoms with E-state index in [9.17, 15) is 18.3 Å². The fourth-order valence-electron chi connectivity index (χ4n) is 6.08. The van der Waals surface area contributed by atoms with Crippen molar-refractivity contribution in [3.63, 3.8) is 0 Å². The average Bonchev–Trinajstić information content (AvgIpc) is 3.40. The molecule has 0 spiro atoms. The molecular weight excluding hydrogens is 747 g/mol. The quantitative estimate of drug-likeness (QED) is 0.101. The maximum absolute atomic E-state index is 13.2. The lowest BCUT2D eigenvalue weighted by atomic mass is 9.97. The monoisotopic (exact) mass is 778 g/mol. The van der Waals surface area contributed by atoms with Crippen molar-refractivity contribution in [3.8, 4) is 5.75 Å². The van der Waals surface area contributed by atoms with E-state index in [0.717, 1.165) is 45.0 Å². The molecule has 51 heavy (non-hydrogen) atoms. The topological polar surface area (TPSA) is 97.6 Å². The molecule has 0 aliphatic carbocycles. The van der Waals surface area contributed by atoms with Gasteiger partial charge >= 0.3 is 5.97 Å². The van der Waals surface area contributed by atoms with Crippen LogP contribution in [-0.2, 0) is 22.9 Å². The Morgan fingerprint density at radius 1 is 0.804 bits per heavy atom. The molecule has 1 aromatic heterocycles. The summed E-state index contributed by atoms with van der Waals surface area (Å²) in [7, 11) is -3.70. The minimum Gasteiger partial charge on any atom is -0.493 e. The molecule has 6 aromatic rings. The molecule has 5 aromatic carbocycles. The standard InChI is InChI=1S/C39H33Cl3N2O5S2/c40-29-13-17-35-33(23-29)32(20-22-49-31-15-11-28(12-16-31)39(45)46)36(19-21-43-51(47,48)25-50-37-18-14-30(41)24-34(37)42)44(35)38(26-7-3-1-4-8-26)27-9-5-2-6-10-27/h1-18,23-24,38,43H,19-22,25H2,(H,45,46). The second-order valence-corrected chi connectivity index (χ2v) is 16.2. The van der Waals surface area contributed by atoms with Crippen LogP contribution in [0.4, 0.5) is 0 Å². The zero-order valence-electron chi connectivity index (χ0n) is 27.1. The molecule has 262 valence electrons. The molecule has 0 amide bonds. The lowest BCUT2D eigenvalue weighted by Crippen LogP contribution is -2.28. The molecule has 0 radical (unpaired) electrons. The highest BCUT2D eigenvalue weighted by Crippen LogP contribution is 2.38. The Morgan fingerprint density at radius 3 is 2.06 bits per heavy atom. The van der Waals surface area contributed by atoms with Crippen molar-refractivity contribution in [3.05, 3.63) is 164 Å². The van der Waals surface area contributed by atoms with Crippen molar-refractivity contribution < 1.29 is 23.1 Å². The van der Waals surface area contributed by atoms with Gasteiger partial charge in [0, 0.05) is 50.9 Å². The summed E-state index contributed by atoms with van der Waals surface area (Å²) in [6, 6.07) is 37.2. The van der Waals surface area contributed by atoms with E-state index in [1.165, 1.54) is 12.1 Å². The number of halogens is 3. The van der Waals surface area contributed by atoms with Gasteiger partial charge in [0.25, 0.3) is 0 Å². The number of benzene rings is 5. The van der Waals surface area contributed by atoms with Gasteiger partial charge in [-0.05, 0) is 77.4 Å².